The summed E-state index contributed by atoms with van der Waals surface area (Å²) in [6.07, 6.45) is 1.61. The second kappa shape index (κ2) is 2.27. The molecule has 0 aliphatic rings. The van der Waals surface area contributed by atoms with Crippen molar-refractivity contribution in [3.05, 3.63) is 36.5 Å². The van der Waals surface area contributed by atoms with Gasteiger partial charge in [0, 0.05) is 6.20 Å². The van der Waals surface area contributed by atoms with Crippen molar-refractivity contribution in [3.8, 4) is 6.07 Å². The molecule has 0 atom stereocenters. The van der Waals surface area contributed by atoms with Crippen molar-refractivity contribution >= 4 is 0 Å². The van der Waals surface area contributed by atoms with E-state index in [1.807, 2.05) is 6.07 Å². The molecule has 1 heterocycles. The lowest BCUT2D eigenvalue weighted by molar-refractivity contribution is 1.24. The van der Waals surface area contributed by atoms with Gasteiger partial charge in [0.05, 0.1) is 11.3 Å². The third-order valence-corrected chi connectivity index (χ3v) is 1.01. The lowest BCUT2D eigenvalue weighted by Crippen LogP contribution is -1.83. The number of pyridine rings is 1. The summed E-state index contributed by atoms with van der Waals surface area (Å²) in [6, 6.07) is 5.38. The number of rotatable bonds is 0. The van der Waals surface area contributed by atoms with Gasteiger partial charge >= 0.3 is 0 Å². The summed E-state index contributed by atoms with van der Waals surface area (Å²) in [4.78, 5) is 3.82. The predicted molar refractivity (Wildman–Crippen MR) is 33.4 cm³/mol. The minimum Gasteiger partial charge on any atom is -0.260 e. The standard InChI is InChI=1S/C7H5N2/c1-6-7(5-8)3-2-4-9-6/h2-4H,1H2. The fraction of sp³-hybridized carbons (Fsp3) is 0. The van der Waals surface area contributed by atoms with E-state index in [0.717, 1.165) is 0 Å². The maximum absolute atomic E-state index is 8.39. The lowest BCUT2D eigenvalue weighted by atomic mass is 10.2. The molecule has 0 spiro atoms. The van der Waals surface area contributed by atoms with Gasteiger partial charge in [-0.05, 0) is 19.1 Å². The second-order valence-corrected chi connectivity index (χ2v) is 1.61. The third-order valence-electron chi connectivity index (χ3n) is 1.01. The average molecular weight is 117 g/mol. The molecule has 1 rings (SSSR count). The van der Waals surface area contributed by atoms with E-state index in [9.17, 15) is 0 Å². The second-order valence-electron chi connectivity index (χ2n) is 1.61. The first-order valence-electron chi connectivity index (χ1n) is 2.51. The summed E-state index contributed by atoms with van der Waals surface area (Å²) in [6.45, 7) is 3.56. The van der Waals surface area contributed by atoms with Crippen LogP contribution in [0.3, 0.4) is 0 Å². The summed E-state index contributed by atoms with van der Waals surface area (Å²) < 4.78 is 0. The molecule has 0 saturated heterocycles. The Morgan fingerprint density at radius 3 is 2.89 bits per heavy atom. The fourth-order valence-electron chi connectivity index (χ4n) is 0.540. The van der Waals surface area contributed by atoms with Crippen LogP contribution in [-0.2, 0) is 0 Å². The molecular formula is C7H5N2. The van der Waals surface area contributed by atoms with Gasteiger partial charge in [-0.1, -0.05) is 0 Å². The largest absolute Gasteiger partial charge is 0.260 e. The number of hydrogen-bond acceptors (Lipinski definition) is 2. The smallest absolute Gasteiger partial charge is 0.101 e. The van der Waals surface area contributed by atoms with E-state index < -0.39 is 0 Å². The molecule has 2 heteroatoms. The van der Waals surface area contributed by atoms with Crippen molar-refractivity contribution in [1.82, 2.24) is 4.98 Å². The average Bonchev–Trinajstić information content (AvgIpc) is 1.89. The van der Waals surface area contributed by atoms with E-state index >= 15 is 0 Å². The first-order valence-corrected chi connectivity index (χ1v) is 2.51. The topological polar surface area (TPSA) is 36.7 Å². The van der Waals surface area contributed by atoms with Gasteiger partial charge in [-0.25, -0.2) is 0 Å². The van der Waals surface area contributed by atoms with Crippen LogP contribution in [0.25, 0.3) is 0 Å². The van der Waals surface area contributed by atoms with Gasteiger partial charge in [-0.2, -0.15) is 5.26 Å². The van der Waals surface area contributed by atoms with Crippen LogP contribution in [-0.4, -0.2) is 4.98 Å². The minimum absolute atomic E-state index is 0.539. The zero-order valence-corrected chi connectivity index (χ0v) is 4.83. The molecule has 0 amide bonds. The normalized spacial score (nSPS) is 8.44. The van der Waals surface area contributed by atoms with Gasteiger partial charge in [0.15, 0.2) is 0 Å². The van der Waals surface area contributed by atoms with Gasteiger partial charge in [-0.3, -0.25) is 4.98 Å². The fourth-order valence-corrected chi connectivity index (χ4v) is 0.540. The predicted octanol–water partition coefficient (Wildman–Crippen LogP) is 1.14. The van der Waals surface area contributed by atoms with Crippen molar-refractivity contribution < 1.29 is 0 Å². The molecule has 0 N–H and O–H groups in total. The van der Waals surface area contributed by atoms with Crippen LogP contribution in [0.15, 0.2) is 18.3 Å². The number of aromatic nitrogens is 1. The highest BCUT2D eigenvalue weighted by molar-refractivity contribution is 5.33. The van der Waals surface area contributed by atoms with E-state index in [0.29, 0.717) is 11.3 Å². The minimum atomic E-state index is 0.539. The van der Waals surface area contributed by atoms with Crippen molar-refractivity contribution in [2.75, 3.05) is 0 Å². The van der Waals surface area contributed by atoms with E-state index in [1.54, 1.807) is 18.3 Å². The van der Waals surface area contributed by atoms with Gasteiger partial charge in [0.25, 0.3) is 0 Å². The quantitative estimate of drug-likeness (QED) is 0.510. The summed E-state index contributed by atoms with van der Waals surface area (Å²) in [5.74, 6) is 0. The van der Waals surface area contributed by atoms with Crippen LogP contribution in [0.4, 0.5) is 0 Å². The van der Waals surface area contributed by atoms with E-state index in [-0.39, 0.29) is 0 Å². The van der Waals surface area contributed by atoms with E-state index in [2.05, 4.69) is 11.9 Å². The first kappa shape index (κ1) is 5.77. The lowest BCUT2D eigenvalue weighted by Gasteiger charge is -1.89. The van der Waals surface area contributed by atoms with Crippen LogP contribution in [0.2, 0.25) is 0 Å². The highest BCUT2D eigenvalue weighted by Gasteiger charge is 1.91. The van der Waals surface area contributed by atoms with Crippen molar-refractivity contribution in [3.63, 3.8) is 0 Å². The zero-order valence-electron chi connectivity index (χ0n) is 4.83. The zero-order chi connectivity index (χ0) is 6.69. The number of nitrogens with zero attached hydrogens (tertiary/aromatic N) is 2. The molecule has 1 radical (unpaired) electrons. The first-order chi connectivity index (χ1) is 4.34. The molecule has 0 bridgehead atoms. The summed E-state index contributed by atoms with van der Waals surface area (Å²) in [5.41, 5.74) is 1.08. The molecule has 1 aromatic rings. The highest BCUT2D eigenvalue weighted by atomic mass is 14.7. The van der Waals surface area contributed by atoms with Crippen LogP contribution < -0.4 is 0 Å². The SMILES string of the molecule is [CH2]c1ncccc1C#N. The molecule has 0 aliphatic carbocycles. The van der Waals surface area contributed by atoms with Crippen LogP contribution in [0, 0.1) is 18.3 Å². The van der Waals surface area contributed by atoms with Crippen molar-refractivity contribution in [2.45, 2.75) is 0 Å². The molecule has 0 unspecified atom stereocenters. The van der Waals surface area contributed by atoms with Crippen LogP contribution in [0.1, 0.15) is 11.3 Å². The summed E-state index contributed by atoms with van der Waals surface area (Å²) in [5, 5.41) is 8.39. The Kier molecular flexibility index (Phi) is 1.46. The van der Waals surface area contributed by atoms with E-state index in [1.165, 1.54) is 0 Å². The van der Waals surface area contributed by atoms with Gasteiger partial charge in [0.2, 0.25) is 0 Å². The Morgan fingerprint density at radius 2 is 2.44 bits per heavy atom. The maximum Gasteiger partial charge on any atom is 0.101 e. The molecule has 0 fully saturated rings. The molecule has 43 valence electrons. The van der Waals surface area contributed by atoms with Crippen molar-refractivity contribution in [2.24, 2.45) is 0 Å². The Morgan fingerprint density at radius 1 is 1.67 bits per heavy atom. The molecule has 2 nitrogen and oxygen atoms in total. The Hall–Kier alpha value is -1.36. The Labute approximate surface area is 53.8 Å². The number of nitriles is 1. The van der Waals surface area contributed by atoms with E-state index in [4.69, 9.17) is 5.26 Å². The van der Waals surface area contributed by atoms with Crippen LogP contribution >= 0.6 is 0 Å². The Balaban J connectivity index is 3.20. The molecule has 0 saturated carbocycles. The molecule has 0 aromatic carbocycles. The molecular weight excluding hydrogens is 112 g/mol. The van der Waals surface area contributed by atoms with Gasteiger partial charge in [0.1, 0.15) is 6.07 Å². The Bertz CT molecular complexity index is 247. The monoisotopic (exact) mass is 117 g/mol. The molecule has 9 heavy (non-hydrogen) atoms. The van der Waals surface area contributed by atoms with Crippen LogP contribution in [0.5, 0.6) is 0 Å². The van der Waals surface area contributed by atoms with Gasteiger partial charge < -0.3 is 0 Å². The molecule has 1 aromatic heterocycles. The van der Waals surface area contributed by atoms with Crippen molar-refractivity contribution in [1.29, 1.82) is 5.26 Å². The third kappa shape index (κ3) is 1.06. The summed E-state index contributed by atoms with van der Waals surface area (Å²) >= 11 is 0. The molecule has 0 aliphatic heterocycles. The maximum atomic E-state index is 8.39. The number of hydrogen-bond donors (Lipinski definition) is 0. The summed E-state index contributed by atoms with van der Waals surface area (Å²) in [7, 11) is 0. The highest BCUT2D eigenvalue weighted by Crippen LogP contribution is 1.99. The van der Waals surface area contributed by atoms with Gasteiger partial charge in [-0.15, -0.1) is 0 Å².